The monoisotopic (exact) mass is 536 g/mol. The van der Waals surface area contributed by atoms with Crippen molar-refractivity contribution in [3.63, 3.8) is 0 Å². The summed E-state index contributed by atoms with van der Waals surface area (Å²) >= 11 is 6.20. The van der Waals surface area contributed by atoms with Crippen LogP contribution in [-0.4, -0.2) is 49.0 Å². The maximum Gasteiger partial charge on any atom is 0.284 e. The van der Waals surface area contributed by atoms with Crippen molar-refractivity contribution in [2.24, 2.45) is 5.73 Å². The molecule has 0 saturated heterocycles. The lowest BCUT2D eigenvalue weighted by Crippen LogP contribution is -2.33. The molecular formula is C24H27Cl3N6O2. The number of aryl methyl sites for hydroxylation is 1. The fourth-order valence-corrected chi connectivity index (χ4v) is 4.72. The van der Waals surface area contributed by atoms with Crippen LogP contribution >= 0.6 is 36.4 Å². The van der Waals surface area contributed by atoms with Gasteiger partial charge in [0, 0.05) is 31.2 Å². The zero-order valence-electron chi connectivity index (χ0n) is 19.1. The van der Waals surface area contributed by atoms with E-state index in [1.54, 1.807) is 21.4 Å². The van der Waals surface area contributed by atoms with Crippen LogP contribution in [0.2, 0.25) is 5.02 Å². The number of fused-ring (bicyclic) bond motifs is 2. The lowest BCUT2D eigenvalue weighted by Gasteiger charge is -2.28. The van der Waals surface area contributed by atoms with Crippen LogP contribution in [-0.2, 0) is 19.5 Å². The van der Waals surface area contributed by atoms with E-state index in [9.17, 15) is 9.90 Å². The first-order chi connectivity index (χ1) is 16.0. The molecule has 0 atom stereocenters. The fraction of sp³-hybridized carbons (Fsp3) is 0.292. The van der Waals surface area contributed by atoms with Crippen LogP contribution in [0.1, 0.15) is 22.6 Å². The third kappa shape index (κ3) is 4.95. The van der Waals surface area contributed by atoms with Crippen molar-refractivity contribution in [3.05, 3.63) is 80.5 Å². The Hall–Kier alpha value is -2.46. The molecule has 1 aliphatic rings. The van der Waals surface area contributed by atoms with Gasteiger partial charge in [0.15, 0.2) is 5.52 Å². The summed E-state index contributed by atoms with van der Waals surface area (Å²) in [7, 11) is 0. The Balaban J connectivity index is 0.00000171. The number of benzene rings is 2. The molecule has 0 bridgehead atoms. The summed E-state index contributed by atoms with van der Waals surface area (Å²) in [5.41, 5.74) is 11.0. The van der Waals surface area contributed by atoms with Crippen molar-refractivity contribution in [3.8, 4) is 11.4 Å². The first-order valence-electron chi connectivity index (χ1n) is 10.9. The van der Waals surface area contributed by atoms with Crippen LogP contribution in [0.3, 0.4) is 0 Å². The van der Waals surface area contributed by atoms with Crippen LogP contribution in [0.25, 0.3) is 22.4 Å². The van der Waals surface area contributed by atoms with Gasteiger partial charge in [-0.15, -0.1) is 24.8 Å². The van der Waals surface area contributed by atoms with Gasteiger partial charge in [-0.1, -0.05) is 23.7 Å². The van der Waals surface area contributed by atoms with Crippen molar-refractivity contribution < 1.29 is 5.11 Å². The van der Waals surface area contributed by atoms with Crippen LogP contribution in [0.15, 0.2) is 47.3 Å². The van der Waals surface area contributed by atoms with E-state index >= 15 is 0 Å². The summed E-state index contributed by atoms with van der Waals surface area (Å²) in [6.45, 7) is 4.40. The Morgan fingerprint density at radius 3 is 2.63 bits per heavy atom. The second-order valence-electron chi connectivity index (χ2n) is 8.24. The molecule has 0 saturated carbocycles. The standard InChI is InChI=1S/C24H25ClN6O2.2ClH/c1-15-27-22-21(13-26)28-31(20-4-2-3-18(25)12-20)23(22)24(33)30(15)19-6-5-16-7-8-29(9-10-32)14-17(16)11-19;;/h2-6,11-12,32H,7-10,13-14,26H2,1H3;2*1H. The van der Waals surface area contributed by atoms with E-state index in [-0.39, 0.29) is 43.5 Å². The molecule has 2 aromatic heterocycles. The summed E-state index contributed by atoms with van der Waals surface area (Å²) in [5, 5.41) is 14.4. The number of nitrogens with two attached hydrogens (primary N) is 1. The molecule has 11 heteroatoms. The van der Waals surface area contributed by atoms with Gasteiger partial charge in [0.05, 0.1) is 18.0 Å². The first-order valence-corrected chi connectivity index (χ1v) is 11.3. The Morgan fingerprint density at radius 1 is 1.11 bits per heavy atom. The molecule has 3 N–H and O–H groups in total. The highest BCUT2D eigenvalue weighted by molar-refractivity contribution is 6.30. The van der Waals surface area contributed by atoms with Gasteiger partial charge in [-0.2, -0.15) is 5.10 Å². The molecule has 0 aliphatic carbocycles. The number of rotatable bonds is 5. The predicted octanol–water partition coefficient (Wildman–Crippen LogP) is 3.19. The van der Waals surface area contributed by atoms with Gasteiger partial charge in [0.1, 0.15) is 17.0 Å². The van der Waals surface area contributed by atoms with E-state index in [0.717, 1.165) is 30.8 Å². The number of hydrogen-bond acceptors (Lipinski definition) is 6. The molecule has 0 fully saturated rings. The smallest absolute Gasteiger partial charge is 0.284 e. The molecule has 0 amide bonds. The minimum Gasteiger partial charge on any atom is -0.395 e. The topological polar surface area (TPSA) is 102 Å². The molecule has 0 unspecified atom stereocenters. The van der Waals surface area contributed by atoms with Gasteiger partial charge in [0.2, 0.25) is 0 Å². The zero-order chi connectivity index (χ0) is 23.1. The predicted molar refractivity (Wildman–Crippen MR) is 143 cm³/mol. The van der Waals surface area contributed by atoms with Gasteiger partial charge in [-0.25, -0.2) is 9.67 Å². The van der Waals surface area contributed by atoms with Gasteiger partial charge in [-0.3, -0.25) is 14.3 Å². The largest absolute Gasteiger partial charge is 0.395 e. The molecule has 5 rings (SSSR count). The zero-order valence-corrected chi connectivity index (χ0v) is 21.5. The highest BCUT2D eigenvalue weighted by atomic mass is 35.5. The third-order valence-corrected chi connectivity index (χ3v) is 6.37. The molecule has 0 radical (unpaired) electrons. The van der Waals surface area contributed by atoms with Crippen molar-refractivity contribution >= 4 is 47.4 Å². The highest BCUT2D eigenvalue weighted by Crippen LogP contribution is 2.24. The molecular weight excluding hydrogens is 511 g/mol. The van der Waals surface area contributed by atoms with E-state index in [4.69, 9.17) is 22.3 Å². The maximum atomic E-state index is 13.8. The summed E-state index contributed by atoms with van der Waals surface area (Å²) in [6, 6.07) is 13.3. The normalized spacial score (nSPS) is 13.3. The van der Waals surface area contributed by atoms with Crippen molar-refractivity contribution in [2.45, 2.75) is 26.4 Å². The molecule has 186 valence electrons. The average Bonchev–Trinajstić information content (AvgIpc) is 3.18. The van der Waals surface area contributed by atoms with Crippen LogP contribution in [0.5, 0.6) is 0 Å². The van der Waals surface area contributed by atoms with E-state index in [1.165, 1.54) is 5.56 Å². The van der Waals surface area contributed by atoms with E-state index in [2.05, 4.69) is 16.1 Å². The summed E-state index contributed by atoms with van der Waals surface area (Å²) in [6.07, 6.45) is 0.919. The number of β-amino-alcohol motifs (C(OH)–C–C–N with tert-alkyl or cyclic N) is 1. The number of nitrogens with zero attached hydrogens (tertiary/aromatic N) is 5. The summed E-state index contributed by atoms with van der Waals surface area (Å²) in [4.78, 5) is 20.8. The van der Waals surface area contributed by atoms with E-state index < -0.39 is 0 Å². The Morgan fingerprint density at radius 2 is 1.91 bits per heavy atom. The average molecular weight is 538 g/mol. The fourth-order valence-electron chi connectivity index (χ4n) is 4.54. The van der Waals surface area contributed by atoms with Crippen LogP contribution in [0.4, 0.5) is 0 Å². The third-order valence-electron chi connectivity index (χ3n) is 6.13. The number of halogens is 3. The van der Waals surface area contributed by atoms with Gasteiger partial charge < -0.3 is 10.8 Å². The molecule has 2 aromatic carbocycles. The Labute approximate surface area is 220 Å². The molecule has 3 heterocycles. The van der Waals surface area contributed by atoms with Crippen molar-refractivity contribution in [1.29, 1.82) is 0 Å². The molecule has 0 spiro atoms. The molecule has 8 nitrogen and oxygen atoms in total. The Kier molecular flexibility index (Phi) is 8.58. The molecule has 35 heavy (non-hydrogen) atoms. The van der Waals surface area contributed by atoms with Crippen LogP contribution in [0, 0.1) is 6.92 Å². The minimum absolute atomic E-state index is 0. The van der Waals surface area contributed by atoms with E-state index in [0.29, 0.717) is 39.8 Å². The first kappa shape index (κ1) is 27.1. The molecule has 1 aliphatic heterocycles. The number of aromatic nitrogens is 4. The lowest BCUT2D eigenvalue weighted by atomic mass is 9.99. The van der Waals surface area contributed by atoms with Crippen molar-refractivity contribution in [2.75, 3.05) is 19.7 Å². The molecule has 4 aromatic rings. The Bertz CT molecular complexity index is 1420. The van der Waals surface area contributed by atoms with Gasteiger partial charge in [-0.05, 0) is 54.8 Å². The maximum absolute atomic E-state index is 13.8. The summed E-state index contributed by atoms with van der Waals surface area (Å²) < 4.78 is 3.20. The minimum atomic E-state index is -0.215. The number of aliphatic hydroxyl groups excluding tert-OH is 1. The SMILES string of the molecule is Cc1nc2c(CN)nn(-c3cccc(Cl)c3)c2c(=O)n1-c1ccc2c(c1)CN(CCO)CC2.Cl.Cl. The van der Waals surface area contributed by atoms with Gasteiger partial charge in [0.25, 0.3) is 5.56 Å². The van der Waals surface area contributed by atoms with Crippen molar-refractivity contribution in [1.82, 2.24) is 24.2 Å². The second kappa shape index (κ2) is 11.1. The highest BCUT2D eigenvalue weighted by Gasteiger charge is 2.22. The number of hydrogen-bond donors (Lipinski definition) is 2. The summed E-state index contributed by atoms with van der Waals surface area (Å²) in [5.74, 6) is 0.566. The second-order valence-corrected chi connectivity index (χ2v) is 8.68. The number of aliphatic hydroxyl groups is 1. The lowest BCUT2D eigenvalue weighted by molar-refractivity contribution is 0.184. The quantitative estimate of drug-likeness (QED) is 0.405. The van der Waals surface area contributed by atoms with Crippen LogP contribution < -0.4 is 11.3 Å². The van der Waals surface area contributed by atoms with Gasteiger partial charge >= 0.3 is 0 Å². The van der Waals surface area contributed by atoms with E-state index in [1.807, 2.05) is 31.2 Å².